The number of hydrogen-bond donors (Lipinski definition) is 2. The van der Waals surface area contributed by atoms with Gasteiger partial charge in [0.05, 0.1) is 29.1 Å². The zero-order valence-electron chi connectivity index (χ0n) is 20.0. The number of nitrogens with two attached hydrogens (primary N) is 1. The number of carbonyl (C=O) groups is 2. The molecule has 38 heavy (non-hydrogen) atoms. The van der Waals surface area contributed by atoms with E-state index in [9.17, 15) is 14.0 Å². The molecule has 1 spiro atoms. The molecule has 7 rings (SSSR count). The first-order valence-corrected chi connectivity index (χ1v) is 12.7. The Hall–Kier alpha value is -3.92. The number of nitrogens with zero attached hydrogens (tertiary/aromatic N) is 4. The van der Waals surface area contributed by atoms with Gasteiger partial charge in [-0.3, -0.25) is 14.6 Å². The van der Waals surface area contributed by atoms with Crippen LogP contribution in [0.15, 0.2) is 62.7 Å². The smallest absolute Gasteiger partial charge is 0.224 e. The number of rotatable bonds is 2. The number of aliphatic imine (C=N–C) groups is 1. The van der Waals surface area contributed by atoms with E-state index in [1.165, 1.54) is 24.3 Å². The predicted molar refractivity (Wildman–Crippen MR) is 136 cm³/mol. The summed E-state index contributed by atoms with van der Waals surface area (Å²) in [6, 6.07) is 2.52. The lowest BCUT2D eigenvalue weighted by atomic mass is 9.74. The molecule has 11 heteroatoms. The second-order valence-corrected chi connectivity index (χ2v) is 10.8. The number of aromatic nitrogens is 3. The minimum absolute atomic E-state index is 0.0264. The molecule has 5 aliphatic rings. The lowest BCUT2D eigenvalue weighted by molar-refractivity contribution is -0.129. The van der Waals surface area contributed by atoms with Crippen molar-refractivity contribution in [2.45, 2.75) is 31.2 Å². The highest BCUT2D eigenvalue weighted by molar-refractivity contribution is 6.40. The van der Waals surface area contributed by atoms with Gasteiger partial charge in [0.2, 0.25) is 17.8 Å². The molecule has 192 valence electrons. The highest BCUT2D eigenvalue weighted by Crippen LogP contribution is 2.62. The third-order valence-electron chi connectivity index (χ3n) is 8.15. The van der Waals surface area contributed by atoms with Gasteiger partial charge in [-0.2, -0.15) is 8.78 Å². The van der Waals surface area contributed by atoms with Gasteiger partial charge in [-0.25, -0.2) is 9.97 Å². The Labute approximate surface area is 220 Å². The normalized spacial score (nSPS) is 27.2. The van der Waals surface area contributed by atoms with Crippen molar-refractivity contribution in [2.24, 2.45) is 10.4 Å². The van der Waals surface area contributed by atoms with Crippen molar-refractivity contribution < 1.29 is 18.4 Å². The molecule has 2 aromatic heterocycles. The van der Waals surface area contributed by atoms with Crippen LogP contribution in [0.5, 0.6) is 0 Å². The quantitative estimate of drug-likeness (QED) is 0.569. The highest BCUT2D eigenvalue weighted by atomic mass is 35.5. The van der Waals surface area contributed by atoms with Gasteiger partial charge in [-0.05, 0) is 59.9 Å². The summed E-state index contributed by atoms with van der Waals surface area (Å²) in [5.74, 6) is -2.43. The second-order valence-electron chi connectivity index (χ2n) is 10.4. The van der Waals surface area contributed by atoms with Crippen LogP contribution in [0.25, 0.3) is 11.3 Å². The average molecular weight is 535 g/mol. The molecule has 0 radical (unpaired) electrons. The Kier molecular flexibility index (Phi) is 4.91. The van der Waals surface area contributed by atoms with E-state index < -0.39 is 17.8 Å². The number of ketones is 1. The van der Waals surface area contributed by atoms with Crippen molar-refractivity contribution in [2.75, 3.05) is 18.8 Å². The number of pyridine rings is 1. The van der Waals surface area contributed by atoms with Crippen molar-refractivity contribution in [3.63, 3.8) is 0 Å². The van der Waals surface area contributed by atoms with Crippen molar-refractivity contribution in [1.29, 1.82) is 0 Å². The molecule has 2 fully saturated rings. The first-order chi connectivity index (χ1) is 18.3. The average Bonchev–Trinajstić information content (AvgIpc) is 3.45. The zero-order chi connectivity index (χ0) is 26.3. The summed E-state index contributed by atoms with van der Waals surface area (Å²) in [4.78, 5) is 42.9. The number of H-pyrrole nitrogens is 1. The number of halogens is 3. The van der Waals surface area contributed by atoms with Crippen LogP contribution in [0, 0.1) is 17.3 Å². The summed E-state index contributed by atoms with van der Waals surface area (Å²) < 4.78 is 29.9. The molecule has 0 aromatic carbocycles. The van der Waals surface area contributed by atoms with Crippen LogP contribution in [-0.2, 0) is 9.59 Å². The molecule has 2 aromatic rings. The Balaban J connectivity index is 1.44. The molecule has 0 bridgehead atoms. The van der Waals surface area contributed by atoms with Crippen molar-refractivity contribution >= 4 is 35.3 Å². The fourth-order valence-electron chi connectivity index (χ4n) is 6.35. The summed E-state index contributed by atoms with van der Waals surface area (Å²) in [6.45, 7) is 0.496. The maximum absolute atomic E-state index is 15.3. The van der Waals surface area contributed by atoms with Gasteiger partial charge >= 0.3 is 0 Å². The van der Waals surface area contributed by atoms with Gasteiger partial charge in [0.15, 0.2) is 5.78 Å². The Bertz CT molecular complexity index is 1610. The van der Waals surface area contributed by atoms with Crippen LogP contribution in [0.3, 0.4) is 0 Å². The number of nitrogens with one attached hydrogen (secondary N) is 1. The van der Waals surface area contributed by atoms with Gasteiger partial charge in [-0.1, -0.05) is 11.6 Å². The third-order valence-corrected chi connectivity index (χ3v) is 8.45. The van der Waals surface area contributed by atoms with Crippen LogP contribution in [0.1, 0.15) is 31.0 Å². The number of hydrogen-bond acceptors (Lipinski definition) is 6. The molecule has 2 atom stereocenters. The van der Waals surface area contributed by atoms with Crippen molar-refractivity contribution in [1.82, 2.24) is 19.9 Å². The fourth-order valence-corrected chi connectivity index (χ4v) is 6.58. The number of amides is 1. The molecule has 2 aliphatic carbocycles. The molecule has 3 N–H and O–H groups in total. The molecule has 1 saturated heterocycles. The summed E-state index contributed by atoms with van der Waals surface area (Å²) in [7, 11) is 0. The van der Waals surface area contributed by atoms with E-state index >= 15 is 4.39 Å². The van der Waals surface area contributed by atoms with Crippen molar-refractivity contribution in [3.05, 3.63) is 75.4 Å². The van der Waals surface area contributed by atoms with Crippen LogP contribution < -0.4 is 5.73 Å². The molecular formula is C27H21ClF2N6O2. The van der Waals surface area contributed by atoms with Gasteiger partial charge in [-0.15, -0.1) is 0 Å². The lowest BCUT2D eigenvalue weighted by Gasteiger charge is -2.42. The SMILES string of the molecule is Nc1ccc(-c2nc(C3CN4C(=O)CC5(CC5)C4C4=C3C3=CC(=O)C=C/C3=C(\Cl)C=NC4)[nH]c2F)c(F)n1. The maximum Gasteiger partial charge on any atom is 0.224 e. The molecule has 2 unspecified atom stereocenters. The first kappa shape index (κ1) is 23.2. The number of anilines is 1. The van der Waals surface area contributed by atoms with Gasteiger partial charge in [0, 0.05) is 30.2 Å². The Morgan fingerprint density at radius 2 is 1.97 bits per heavy atom. The predicted octanol–water partition coefficient (Wildman–Crippen LogP) is 3.75. The van der Waals surface area contributed by atoms with Gasteiger partial charge in [0.1, 0.15) is 17.3 Å². The van der Waals surface area contributed by atoms with E-state index in [0.717, 1.165) is 24.0 Å². The monoisotopic (exact) mass is 534 g/mol. The second kappa shape index (κ2) is 8.04. The molecule has 3 aliphatic heterocycles. The number of imidazole rings is 1. The fraction of sp³-hybridized carbons (Fsp3) is 0.296. The van der Waals surface area contributed by atoms with E-state index in [1.54, 1.807) is 12.3 Å². The highest BCUT2D eigenvalue weighted by Gasteiger charge is 2.62. The molecule has 5 heterocycles. The minimum Gasteiger partial charge on any atom is -0.384 e. The largest absolute Gasteiger partial charge is 0.384 e. The van der Waals surface area contributed by atoms with Crippen LogP contribution in [0.4, 0.5) is 14.6 Å². The van der Waals surface area contributed by atoms with Crippen LogP contribution in [-0.4, -0.2) is 56.9 Å². The topological polar surface area (TPSA) is 117 Å². The van der Waals surface area contributed by atoms with Crippen LogP contribution >= 0.6 is 11.6 Å². The lowest BCUT2D eigenvalue weighted by Crippen LogP contribution is -2.46. The Morgan fingerprint density at radius 3 is 2.74 bits per heavy atom. The van der Waals surface area contributed by atoms with E-state index in [2.05, 4.69) is 19.9 Å². The van der Waals surface area contributed by atoms with Crippen LogP contribution in [0.2, 0.25) is 0 Å². The first-order valence-electron chi connectivity index (χ1n) is 12.3. The maximum atomic E-state index is 15.3. The summed E-state index contributed by atoms with van der Waals surface area (Å²) in [6.07, 6.45) is 8.47. The number of aromatic amines is 1. The van der Waals surface area contributed by atoms with E-state index in [4.69, 9.17) is 17.3 Å². The number of nitrogen functional groups attached to an aromatic ring is 1. The molecular weight excluding hydrogens is 514 g/mol. The van der Waals surface area contributed by atoms with Gasteiger partial charge in [0.25, 0.3) is 0 Å². The molecule has 8 nitrogen and oxygen atoms in total. The zero-order valence-corrected chi connectivity index (χ0v) is 20.7. The van der Waals surface area contributed by atoms with Crippen molar-refractivity contribution in [3.8, 4) is 11.3 Å². The number of fused-ring (bicyclic) bond motifs is 5. The summed E-state index contributed by atoms with van der Waals surface area (Å²) in [5.41, 5.74) is 7.91. The van der Waals surface area contributed by atoms with E-state index in [-0.39, 0.29) is 59.1 Å². The number of carbonyl (C=O) groups excluding carboxylic acids is 2. The standard InChI is InChI=1S/C27H21ClF2N6O2/c28-18-10-32-9-16-21(15-7-12(37)1-2-13(15)18)17(11-36-20(38)8-27(5-6-27)23(16)36)26-34-22(25(30)35-26)14-3-4-19(31)33-24(14)29/h1-4,7,10,17,23H,5-6,8-9,11H2,(H2,31,33)(H,34,35)/b18-13+,32-10?. The summed E-state index contributed by atoms with van der Waals surface area (Å²) >= 11 is 6.58. The third kappa shape index (κ3) is 3.36. The number of allylic oxidation sites excluding steroid dienone is 6. The minimum atomic E-state index is -0.945. The Morgan fingerprint density at radius 1 is 1.16 bits per heavy atom. The van der Waals surface area contributed by atoms with Gasteiger partial charge < -0.3 is 15.6 Å². The molecule has 1 amide bonds. The van der Waals surface area contributed by atoms with E-state index in [0.29, 0.717) is 22.6 Å². The summed E-state index contributed by atoms with van der Waals surface area (Å²) in [5, 5.41) is 0.373. The molecule has 1 saturated carbocycles. The van der Waals surface area contributed by atoms with E-state index in [1.807, 2.05) is 4.90 Å².